The third kappa shape index (κ3) is 3.15. The van der Waals surface area contributed by atoms with Crippen molar-refractivity contribution in [3.63, 3.8) is 0 Å². The monoisotopic (exact) mass is 302 g/mol. The Labute approximate surface area is 90.0 Å². The van der Waals surface area contributed by atoms with Gasteiger partial charge in [0.05, 0.1) is 12.1 Å². The van der Waals surface area contributed by atoms with Gasteiger partial charge in [-0.15, -0.1) is 0 Å². The molecule has 0 saturated carbocycles. The molecule has 0 aromatic heterocycles. The van der Waals surface area contributed by atoms with Gasteiger partial charge in [-0.25, -0.2) is 4.39 Å². The Kier molecular flexibility index (Phi) is 6.47. The predicted molar refractivity (Wildman–Crippen MR) is 57.9 cm³/mol. The second-order valence-electron chi connectivity index (χ2n) is 1.75. The molecule has 0 heterocycles. The molecular formula is C8H9ClFIO. The second-order valence-corrected chi connectivity index (χ2v) is 2.16. The van der Waals surface area contributed by atoms with Gasteiger partial charge >= 0.3 is 0 Å². The summed E-state index contributed by atoms with van der Waals surface area (Å²) < 4.78 is 17.3. The van der Waals surface area contributed by atoms with E-state index in [4.69, 9.17) is 11.6 Å². The minimum atomic E-state index is -0.435. The van der Waals surface area contributed by atoms with Gasteiger partial charge in [0, 0.05) is 0 Å². The van der Waals surface area contributed by atoms with Crippen LogP contribution in [-0.2, 0) is 0 Å². The molecule has 0 bridgehead atoms. The molecule has 0 aliphatic carbocycles. The van der Waals surface area contributed by atoms with Crippen LogP contribution < -0.4 is 4.74 Å². The zero-order valence-electron chi connectivity index (χ0n) is 6.77. The Balaban J connectivity index is 0.000000561. The molecule has 4 heteroatoms. The van der Waals surface area contributed by atoms with Crippen LogP contribution in [0.4, 0.5) is 4.39 Å². The molecule has 0 N–H and O–H groups in total. The van der Waals surface area contributed by atoms with Gasteiger partial charge in [-0.05, 0) is 17.1 Å². The minimum Gasteiger partial charge on any atom is -0.492 e. The first-order valence-electron chi connectivity index (χ1n) is 3.11. The van der Waals surface area contributed by atoms with Crippen molar-refractivity contribution in [3.05, 3.63) is 29.0 Å². The largest absolute Gasteiger partial charge is 0.492 e. The lowest BCUT2D eigenvalue weighted by molar-refractivity contribution is 0.387. The Bertz CT molecular complexity index is 222. The number of alkyl halides is 1. The van der Waals surface area contributed by atoms with Crippen molar-refractivity contribution in [2.45, 2.75) is 0 Å². The Hall–Kier alpha value is -0.0300. The number of benzene rings is 1. The van der Waals surface area contributed by atoms with Crippen molar-refractivity contribution in [3.8, 4) is 5.75 Å². The Morgan fingerprint density at radius 3 is 2.33 bits per heavy atom. The molecule has 0 radical (unpaired) electrons. The summed E-state index contributed by atoms with van der Waals surface area (Å²) in [6.07, 6.45) is 0. The van der Waals surface area contributed by atoms with E-state index in [1.807, 2.05) is 4.93 Å². The maximum Gasteiger partial charge on any atom is 0.173 e. The second kappa shape index (κ2) is 6.48. The van der Waals surface area contributed by atoms with Crippen LogP contribution in [0.1, 0.15) is 0 Å². The fourth-order valence-electron chi connectivity index (χ4n) is 0.678. The third-order valence-electron chi connectivity index (χ3n) is 1.12. The summed E-state index contributed by atoms with van der Waals surface area (Å²) in [7, 11) is 1.38. The van der Waals surface area contributed by atoms with Gasteiger partial charge in [-0.1, -0.05) is 40.3 Å². The lowest BCUT2D eigenvalue weighted by Gasteiger charge is -2.01. The number of rotatable bonds is 1. The quantitative estimate of drug-likeness (QED) is 0.569. The number of halogens is 3. The molecule has 1 nitrogen and oxygen atoms in total. The number of hydrogen-bond acceptors (Lipinski definition) is 1. The lowest BCUT2D eigenvalue weighted by atomic mass is 10.3. The highest BCUT2D eigenvalue weighted by molar-refractivity contribution is 14.1. The highest BCUT2D eigenvalue weighted by Gasteiger charge is 2.04. The first kappa shape index (κ1) is 12.0. The van der Waals surface area contributed by atoms with Crippen LogP contribution in [-0.4, -0.2) is 12.0 Å². The maximum atomic E-state index is 12.6. The van der Waals surface area contributed by atoms with Crippen LogP contribution in [0.2, 0.25) is 5.02 Å². The van der Waals surface area contributed by atoms with E-state index in [9.17, 15) is 4.39 Å². The Morgan fingerprint density at radius 2 is 2.00 bits per heavy atom. The van der Waals surface area contributed by atoms with Gasteiger partial charge in [-0.2, -0.15) is 0 Å². The van der Waals surface area contributed by atoms with Crippen LogP contribution >= 0.6 is 34.2 Å². The SMILES string of the molecule is CI.COc1c(F)cccc1Cl. The van der Waals surface area contributed by atoms with E-state index in [1.165, 1.54) is 19.2 Å². The van der Waals surface area contributed by atoms with E-state index in [1.54, 1.807) is 6.07 Å². The summed E-state index contributed by atoms with van der Waals surface area (Å²) in [6, 6.07) is 4.40. The van der Waals surface area contributed by atoms with Crippen molar-refractivity contribution in [2.24, 2.45) is 0 Å². The summed E-state index contributed by atoms with van der Waals surface area (Å²) in [4.78, 5) is 1.97. The van der Waals surface area contributed by atoms with Crippen LogP contribution in [0.15, 0.2) is 18.2 Å². The van der Waals surface area contributed by atoms with Crippen LogP contribution in [0.5, 0.6) is 5.75 Å². The van der Waals surface area contributed by atoms with Crippen molar-refractivity contribution in [2.75, 3.05) is 12.0 Å². The number of ether oxygens (including phenoxy) is 1. The molecule has 1 aromatic carbocycles. The molecule has 0 fully saturated rings. The zero-order chi connectivity index (χ0) is 9.56. The van der Waals surface area contributed by atoms with Crippen molar-refractivity contribution in [1.82, 2.24) is 0 Å². The number of hydrogen-bond donors (Lipinski definition) is 0. The first-order valence-corrected chi connectivity index (χ1v) is 5.65. The number of methoxy groups -OCH3 is 1. The van der Waals surface area contributed by atoms with Gasteiger partial charge in [0.15, 0.2) is 11.6 Å². The molecular weight excluding hydrogens is 293 g/mol. The van der Waals surface area contributed by atoms with Gasteiger partial charge < -0.3 is 4.74 Å². The summed E-state index contributed by atoms with van der Waals surface area (Å²) >= 11 is 7.71. The van der Waals surface area contributed by atoms with Gasteiger partial charge in [-0.3, -0.25) is 0 Å². The summed E-state index contributed by atoms with van der Waals surface area (Å²) in [5, 5.41) is 0.294. The van der Waals surface area contributed by atoms with Gasteiger partial charge in [0.1, 0.15) is 0 Å². The van der Waals surface area contributed by atoms with Gasteiger partial charge in [0.25, 0.3) is 0 Å². The van der Waals surface area contributed by atoms with E-state index in [0.717, 1.165) is 0 Å². The molecule has 0 spiro atoms. The summed E-state index contributed by atoms with van der Waals surface area (Å²) in [5.41, 5.74) is 0. The summed E-state index contributed by atoms with van der Waals surface area (Å²) in [6.45, 7) is 0. The maximum absolute atomic E-state index is 12.6. The molecule has 0 aliphatic rings. The first-order chi connectivity index (χ1) is 5.75. The molecule has 68 valence electrons. The zero-order valence-corrected chi connectivity index (χ0v) is 9.69. The van der Waals surface area contributed by atoms with E-state index in [2.05, 4.69) is 27.3 Å². The molecule has 0 atom stereocenters. The average molecular weight is 303 g/mol. The normalized spacial score (nSPS) is 8.42. The van der Waals surface area contributed by atoms with Crippen molar-refractivity contribution < 1.29 is 9.13 Å². The topological polar surface area (TPSA) is 9.23 Å². The van der Waals surface area contributed by atoms with Crippen LogP contribution in [0.25, 0.3) is 0 Å². The van der Waals surface area contributed by atoms with E-state index < -0.39 is 5.82 Å². The average Bonchev–Trinajstić information content (AvgIpc) is 2.08. The molecule has 12 heavy (non-hydrogen) atoms. The number of para-hydroxylation sites is 1. The molecule has 0 aliphatic heterocycles. The standard InChI is InChI=1S/C7H6ClFO.CH3I/c1-10-7-5(8)3-2-4-6(7)9;1-2/h2-4H,1H3;1H3. The smallest absolute Gasteiger partial charge is 0.173 e. The molecule has 1 aromatic rings. The predicted octanol–water partition coefficient (Wildman–Crippen LogP) is 3.54. The minimum absolute atomic E-state index is 0.101. The highest BCUT2D eigenvalue weighted by atomic mass is 127. The fraction of sp³-hybridized carbons (Fsp3) is 0.250. The molecule has 1 rings (SSSR count). The van der Waals surface area contributed by atoms with Crippen molar-refractivity contribution in [1.29, 1.82) is 0 Å². The highest BCUT2D eigenvalue weighted by Crippen LogP contribution is 2.26. The third-order valence-corrected chi connectivity index (χ3v) is 1.42. The van der Waals surface area contributed by atoms with E-state index >= 15 is 0 Å². The molecule has 0 unspecified atom stereocenters. The van der Waals surface area contributed by atoms with E-state index in [-0.39, 0.29) is 5.75 Å². The van der Waals surface area contributed by atoms with Crippen molar-refractivity contribution >= 4 is 34.2 Å². The van der Waals surface area contributed by atoms with E-state index in [0.29, 0.717) is 5.02 Å². The lowest BCUT2D eigenvalue weighted by Crippen LogP contribution is -1.87. The van der Waals surface area contributed by atoms with Gasteiger partial charge in [0.2, 0.25) is 0 Å². The van der Waals surface area contributed by atoms with Crippen LogP contribution in [0, 0.1) is 5.82 Å². The Morgan fingerprint density at radius 1 is 1.42 bits per heavy atom. The molecule has 0 amide bonds. The molecule has 0 saturated heterocycles. The fourth-order valence-corrected chi connectivity index (χ4v) is 0.918. The van der Waals surface area contributed by atoms with Crippen LogP contribution in [0.3, 0.4) is 0 Å². The summed E-state index contributed by atoms with van der Waals surface area (Å²) in [5.74, 6) is -0.334.